The Balaban J connectivity index is 1.84. The van der Waals surface area contributed by atoms with E-state index in [9.17, 15) is 0 Å². The van der Waals surface area contributed by atoms with Gasteiger partial charge in [-0.1, -0.05) is 18.5 Å². The van der Waals surface area contributed by atoms with Crippen LogP contribution < -0.4 is 4.90 Å². The third-order valence-electron chi connectivity index (χ3n) is 3.93. The average Bonchev–Trinajstić information content (AvgIpc) is 2.47. The number of benzene rings is 1. The van der Waals surface area contributed by atoms with E-state index in [4.69, 9.17) is 11.6 Å². The number of hydrogen-bond donors (Lipinski definition) is 0. The molecule has 1 aliphatic rings. The number of anilines is 1. The first-order chi connectivity index (χ1) is 9.78. The fraction of sp³-hybridized carbons (Fsp3) is 0.438. The molecule has 0 bridgehead atoms. The van der Waals surface area contributed by atoms with Crippen molar-refractivity contribution in [3.05, 3.63) is 35.5 Å². The monoisotopic (exact) mass is 289 g/mol. The first-order valence-corrected chi connectivity index (χ1v) is 7.67. The molecule has 0 N–H and O–H groups in total. The van der Waals surface area contributed by atoms with Gasteiger partial charge in [0.05, 0.1) is 5.52 Å². The number of piperazine rings is 1. The fourth-order valence-corrected chi connectivity index (χ4v) is 3.08. The quantitative estimate of drug-likeness (QED) is 0.863. The van der Waals surface area contributed by atoms with Gasteiger partial charge >= 0.3 is 0 Å². The molecule has 1 aliphatic heterocycles. The van der Waals surface area contributed by atoms with Crippen LogP contribution in [0.4, 0.5) is 5.69 Å². The molecule has 0 amide bonds. The average molecular weight is 290 g/mol. The maximum Gasteiger partial charge on any atom is 0.0737 e. The summed E-state index contributed by atoms with van der Waals surface area (Å²) in [4.78, 5) is 9.42. The maximum atomic E-state index is 6.05. The SMILES string of the molecule is CCCN1CCN(c2ccnc3cc(Cl)ccc23)CC1. The zero-order valence-electron chi connectivity index (χ0n) is 11.8. The number of rotatable bonds is 3. The number of fused-ring (bicyclic) bond motifs is 1. The van der Waals surface area contributed by atoms with Crippen molar-refractivity contribution < 1.29 is 0 Å². The minimum Gasteiger partial charge on any atom is -0.368 e. The second-order valence-corrected chi connectivity index (χ2v) is 5.76. The Morgan fingerprint density at radius 3 is 2.70 bits per heavy atom. The van der Waals surface area contributed by atoms with Crippen LogP contribution in [0.2, 0.25) is 5.02 Å². The molecular formula is C16H20ClN3. The Hall–Kier alpha value is -1.32. The number of hydrogen-bond acceptors (Lipinski definition) is 3. The summed E-state index contributed by atoms with van der Waals surface area (Å²) < 4.78 is 0. The molecule has 4 heteroatoms. The third-order valence-corrected chi connectivity index (χ3v) is 4.17. The van der Waals surface area contributed by atoms with E-state index >= 15 is 0 Å². The van der Waals surface area contributed by atoms with Crippen molar-refractivity contribution in [3.63, 3.8) is 0 Å². The summed E-state index contributed by atoms with van der Waals surface area (Å²) in [6, 6.07) is 8.08. The van der Waals surface area contributed by atoms with Gasteiger partial charge in [-0.25, -0.2) is 0 Å². The molecule has 0 aliphatic carbocycles. The Kier molecular flexibility index (Phi) is 4.08. The number of nitrogens with zero attached hydrogens (tertiary/aromatic N) is 3. The van der Waals surface area contributed by atoms with Gasteiger partial charge < -0.3 is 4.90 Å². The van der Waals surface area contributed by atoms with Crippen LogP contribution >= 0.6 is 11.6 Å². The normalized spacial score (nSPS) is 16.8. The van der Waals surface area contributed by atoms with Crippen LogP contribution in [0.5, 0.6) is 0 Å². The van der Waals surface area contributed by atoms with Crippen molar-refractivity contribution in [2.45, 2.75) is 13.3 Å². The van der Waals surface area contributed by atoms with Crippen LogP contribution in [0.3, 0.4) is 0 Å². The highest BCUT2D eigenvalue weighted by Gasteiger charge is 2.18. The smallest absolute Gasteiger partial charge is 0.0737 e. The summed E-state index contributed by atoms with van der Waals surface area (Å²) in [6.45, 7) is 7.91. The molecule has 3 rings (SSSR count). The first-order valence-electron chi connectivity index (χ1n) is 7.29. The van der Waals surface area contributed by atoms with Gasteiger partial charge in [-0.15, -0.1) is 0 Å². The second kappa shape index (κ2) is 5.98. The summed E-state index contributed by atoms with van der Waals surface area (Å²) >= 11 is 6.05. The Morgan fingerprint density at radius 1 is 1.15 bits per heavy atom. The lowest BCUT2D eigenvalue weighted by Crippen LogP contribution is -2.46. The molecule has 1 aromatic carbocycles. The van der Waals surface area contributed by atoms with Crippen molar-refractivity contribution >= 4 is 28.2 Å². The molecule has 3 nitrogen and oxygen atoms in total. The largest absolute Gasteiger partial charge is 0.368 e. The number of aromatic nitrogens is 1. The lowest BCUT2D eigenvalue weighted by molar-refractivity contribution is 0.258. The van der Waals surface area contributed by atoms with Gasteiger partial charge in [-0.05, 0) is 37.2 Å². The van der Waals surface area contributed by atoms with Gasteiger partial charge in [-0.2, -0.15) is 0 Å². The lowest BCUT2D eigenvalue weighted by atomic mass is 10.1. The van der Waals surface area contributed by atoms with E-state index in [0.717, 1.165) is 36.7 Å². The van der Waals surface area contributed by atoms with Crippen LogP contribution in [-0.2, 0) is 0 Å². The Bertz CT molecular complexity index is 591. The van der Waals surface area contributed by atoms with Gasteiger partial charge in [0.25, 0.3) is 0 Å². The third kappa shape index (κ3) is 2.74. The predicted molar refractivity (Wildman–Crippen MR) is 85.7 cm³/mol. The lowest BCUT2D eigenvalue weighted by Gasteiger charge is -2.36. The van der Waals surface area contributed by atoms with E-state index < -0.39 is 0 Å². The highest BCUT2D eigenvalue weighted by molar-refractivity contribution is 6.31. The molecule has 1 saturated heterocycles. The van der Waals surface area contributed by atoms with E-state index in [1.165, 1.54) is 24.0 Å². The topological polar surface area (TPSA) is 19.4 Å². The van der Waals surface area contributed by atoms with Crippen LogP contribution in [0.1, 0.15) is 13.3 Å². The molecule has 2 heterocycles. The van der Waals surface area contributed by atoms with Crippen molar-refractivity contribution in [3.8, 4) is 0 Å². The molecule has 0 saturated carbocycles. The maximum absolute atomic E-state index is 6.05. The second-order valence-electron chi connectivity index (χ2n) is 5.32. The van der Waals surface area contributed by atoms with Crippen molar-refractivity contribution in [1.29, 1.82) is 0 Å². The van der Waals surface area contributed by atoms with Gasteiger partial charge in [0.2, 0.25) is 0 Å². The van der Waals surface area contributed by atoms with Crippen LogP contribution in [0.25, 0.3) is 10.9 Å². The Morgan fingerprint density at radius 2 is 1.95 bits per heavy atom. The molecule has 20 heavy (non-hydrogen) atoms. The van der Waals surface area contributed by atoms with Crippen LogP contribution in [0.15, 0.2) is 30.5 Å². The van der Waals surface area contributed by atoms with E-state index in [1.54, 1.807) is 0 Å². The standard InChI is InChI=1S/C16H20ClN3/c1-2-7-19-8-10-20(11-9-19)16-5-6-18-15-12-13(17)3-4-14(15)16/h3-6,12H,2,7-11H2,1H3. The van der Waals surface area contributed by atoms with Crippen molar-refractivity contribution in [2.24, 2.45) is 0 Å². The minimum atomic E-state index is 0.745. The number of pyridine rings is 1. The highest BCUT2D eigenvalue weighted by Crippen LogP contribution is 2.28. The number of halogens is 1. The van der Waals surface area contributed by atoms with Crippen molar-refractivity contribution in [2.75, 3.05) is 37.6 Å². The van der Waals surface area contributed by atoms with Gasteiger partial charge in [-0.3, -0.25) is 9.88 Å². The van der Waals surface area contributed by atoms with E-state index in [0.29, 0.717) is 0 Å². The molecule has 0 atom stereocenters. The predicted octanol–water partition coefficient (Wildman–Crippen LogP) is 3.42. The highest BCUT2D eigenvalue weighted by atomic mass is 35.5. The molecule has 0 unspecified atom stereocenters. The van der Waals surface area contributed by atoms with E-state index in [-0.39, 0.29) is 0 Å². The first kappa shape index (κ1) is 13.7. The van der Waals surface area contributed by atoms with Gasteiger partial charge in [0.15, 0.2) is 0 Å². The summed E-state index contributed by atoms with van der Waals surface area (Å²) in [5, 5.41) is 1.94. The van der Waals surface area contributed by atoms with E-state index in [2.05, 4.69) is 33.8 Å². The molecule has 1 fully saturated rings. The minimum absolute atomic E-state index is 0.745. The fourth-order valence-electron chi connectivity index (χ4n) is 2.91. The molecular weight excluding hydrogens is 270 g/mol. The molecule has 1 aromatic heterocycles. The summed E-state index contributed by atoms with van der Waals surface area (Å²) in [6.07, 6.45) is 3.11. The van der Waals surface area contributed by atoms with Crippen LogP contribution in [0, 0.1) is 0 Å². The summed E-state index contributed by atoms with van der Waals surface area (Å²) in [5.41, 5.74) is 2.26. The summed E-state index contributed by atoms with van der Waals surface area (Å²) in [7, 11) is 0. The van der Waals surface area contributed by atoms with E-state index in [1.807, 2.05) is 18.3 Å². The van der Waals surface area contributed by atoms with Gasteiger partial charge in [0, 0.05) is 48.5 Å². The Labute approximate surface area is 125 Å². The molecule has 0 radical (unpaired) electrons. The van der Waals surface area contributed by atoms with Gasteiger partial charge in [0.1, 0.15) is 0 Å². The summed E-state index contributed by atoms with van der Waals surface area (Å²) in [5.74, 6) is 0. The molecule has 106 valence electrons. The van der Waals surface area contributed by atoms with Crippen LogP contribution in [-0.4, -0.2) is 42.6 Å². The zero-order chi connectivity index (χ0) is 13.9. The molecule has 2 aromatic rings. The van der Waals surface area contributed by atoms with Crippen molar-refractivity contribution in [1.82, 2.24) is 9.88 Å². The molecule has 0 spiro atoms. The zero-order valence-corrected chi connectivity index (χ0v) is 12.6.